The van der Waals surface area contributed by atoms with Gasteiger partial charge in [0.1, 0.15) is 5.84 Å². The minimum atomic E-state index is -0.537. The summed E-state index contributed by atoms with van der Waals surface area (Å²) in [7, 11) is 1.44. The summed E-state index contributed by atoms with van der Waals surface area (Å²) in [5.41, 5.74) is 9.50. The maximum absolute atomic E-state index is 13.1. The smallest absolute Gasteiger partial charge is 0.340 e. The molecule has 0 bridgehead atoms. The average Bonchev–Trinajstić information content (AvgIpc) is 2.77. The van der Waals surface area contributed by atoms with Crippen molar-refractivity contribution in [2.75, 3.05) is 19.2 Å². The second-order valence-corrected chi connectivity index (χ2v) is 6.88. The number of hydrogen-bond donors (Lipinski definition) is 3. The minimum Gasteiger partial charge on any atom is -0.435 e. The molecule has 0 radical (unpaired) electrons. The Morgan fingerprint density at radius 1 is 0.968 bits per heavy atom. The van der Waals surface area contributed by atoms with E-state index in [1.54, 1.807) is 54.6 Å². The molecule has 7 heteroatoms. The fraction of sp³-hybridized carbons (Fsp3) is 0.125. The number of carbonyl (C=O) groups is 2. The van der Waals surface area contributed by atoms with Gasteiger partial charge in [0.05, 0.1) is 5.56 Å². The highest BCUT2D eigenvalue weighted by molar-refractivity contribution is 6.10. The predicted molar refractivity (Wildman–Crippen MR) is 119 cm³/mol. The lowest BCUT2D eigenvalue weighted by Crippen LogP contribution is -2.15. The summed E-state index contributed by atoms with van der Waals surface area (Å²) >= 11 is 0. The summed E-state index contributed by atoms with van der Waals surface area (Å²) in [6.07, 6.45) is 0. The van der Waals surface area contributed by atoms with Crippen LogP contribution in [0.5, 0.6) is 0 Å². The summed E-state index contributed by atoms with van der Waals surface area (Å²) in [5, 5.41) is 10.3. The van der Waals surface area contributed by atoms with E-state index >= 15 is 0 Å². The number of nitrogens with one attached hydrogen (secondary N) is 2. The van der Waals surface area contributed by atoms with Crippen LogP contribution in [0, 0.1) is 12.3 Å². The molecular formula is C24H23N3O4. The van der Waals surface area contributed by atoms with E-state index in [-0.39, 0.29) is 18.5 Å². The van der Waals surface area contributed by atoms with Crippen LogP contribution in [0.4, 0.5) is 5.69 Å². The standard InChI is InChI=1S/C24H23N3O4/c1-15-7-12-19(23(28)27-17-10-8-16(9-11-17)22(25)26)21(13-15)18-5-3-4-6-20(18)24(29)31-14-30-2/h3-13H,14H2,1-2H3,(H3,25,26)(H,27,28). The SMILES string of the molecule is COCOC(=O)c1ccccc1-c1cc(C)ccc1C(=O)Nc1ccc(C(=N)N)cc1. The highest BCUT2D eigenvalue weighted by Gasteiger charge is 2.19. The number of esters is 1. The molecule has 0 aliphatic rings. The summed E-state index contributed by atoms with van der Waals surface area (Å²) in [6, 6.07) is 19.1. The summed E-state index contributed by atoms with van der Waals surface area (Å²) in [5.74, 6) is -0.911. The second kappa shape index (κ2) is 9.69. The molecule has 0 aliphatic carbocycles. The normalized spacial score (nSPS) is 10.4. The number of carbonyl (C=O) groups excluding carboxylic acids is 2. The van der Waals surface area contributed by atoms with Gasteiger partial charge in [0.25, 0.3) is 5.91 Å². The maximum Gasteiger partial charge on any atom is 0.340 e. The molecule has 4 N–H and O–H groups in total. The lowest BCUT2D eigenvalue weighted by Gasteiger charge is -2.15. The number of amidine groups is 1. The Bertz CT molecular complexity index is 1120. The summed E-state index contributed by atoms with van der Waals surface area (Å²) in [4.78, 5) is 25.6. The number of hydrogen-bond acceptors (Lipinski definition) is 5. The molecule has 0 saturated heterocycles. The van der Waals surface area contributed by atoms with Crippen molar-refractivity contribution in [2.45, 2.75) is 6.92 Å². The van der Waals surface area contributed by atoms with Crippen LogP contribution in [0.1, 0.15) is 31.8 Å². The minimum absolute atomic E-state index is 0.0457. The molecule has 0 atom stereocenters. The van der Waals surface area contributed by atoms with Crippen molar-refractivity contribution < 1.29 is 19.1 Å². The number of nitrogens with two attached hydrogens (primary N) is 1. The van der Waals surface area contributed by atoms with Crippen molar-refractivity contribution in [3.8, 4) is 11.1 Å². The quantitative estimate of drug-likeness (QED) is 0.233. The van der Waals surface area contributed by atoms with Crippen LogP contribution in [0.2, 0.25) is 0 Å². The largest absolute Gasteiger partial charge is 0.435 e. The Morgan fingerprint density at radius 2 is 1.68 bits per heavy atom. The zero-order chi connectivity index (χ0) is 22.4. The van der Waals surface area contributed by atoms with Crippen LogP contribution < -0.4 is 11.1 Å². The van der Waals surface area contributed by atoms with Crippen LogP contribution in [0.15, 0.2) is 66.7 Å². The zero-order valence-corrected chi connectivity index (χ0v) is 17.3. The molecule has 0 heterocycles. The first-order valence-electron chi connectivity index (χ1n) is 9.52. The van der Waals surface area contributed by atoms with Gasteiger partial charge in [-0.05, 0) is 54.4 Å². The van der Waals surface area contributed by atoms with E-state index in [1.807, 2.05) is 19.1 Å². The number of anilines is 1. The van der Waals surface area contributed by atoms with Gasteiger partial charge in [0.15, 0.2) is 6.79 Å². The van der Waals surface area contributed by atoms with Gasteiger partial charge in [-0.1, -0.05) is 35.9 Å². The number of nitrogen functional groups attached to an aromatic ring is 1. The van der Waals surface area contributed by atoms with Crippen LogP contribution in [-0.4, -0.2) is 31.6 Å². The van der Waals surface area contributed by atoms with E-state index in [1.165, 1.54) is 7.11 Å². The van der Waals surface area contributed by atoms with E-state index in [4.69, 9.17) is 20.6 Å². The van der Waals surface area contributed by atoms with Gasteiger partial charge in [-0.15, -0.1) is 0 Å². The molecule has 0 saturated carbocycles. The summed E-state index contributed by atoms with van der Waals surface area (Å²) < 4.78 is 9.93. The first-order chi connectivity index (χ1) is 14.9. The van der Waals surface area contributed by atoms with Crippen molar-refractivity contribution in [2.24, 2.45) is 5.73 Å². The van der Waals surface area contributed by atoms with Gasteiger partial charge < -0.3 is 20.5 Å². The average molecular weight is 417 g/mol. The molecule has 7 nitrogen and oxygen atoms in total. The van der Waals surface area contributed by atoms with E-state index in [0.717, 1.165) is 5.56 Å². The van der Waals surface area contributed by atoms with Crippen molar-refractivity contribution >= 4 is 23.4 Å². The van der Waals surface area contributed by atoms with Crippen LogP contribution >= 0.6 is 0 Å². The number of rotatable bonds is 7. The number of amides is 1. The van der Waals surface area contributed by atoms with Crippen molar-refractivity contribution in [3.05, 3.63) is 89.0 Å². The lowest BCUT2D eigenvalue weighted by atomic mass is 9.93. The molecule has 0 spiro atoms. The third kappa shape index (κ3) is 5.15. The third-order valence-corrected chi connectivity index (χ3v) is 4.62. The van der Waals surface area contributed by atoms with Crippen molar-refractivity contribution in [3.63, 3.8) is 0 Å². The van der Waals surface area contributed by atoms with Gasteiger partial charge >= 0.3 is 5.97 Å². The van der Waals surface area contributed by atoms with E-state index in [2.05, 4.69) is 5.32 Å². The van der Waals surface area contributed by atoms with E-state index < -0.39 is 5.97 Å². The van der Waals surface area contributed by atoms with Gasteiger partial charge in [0, 0.05) is 23.9 Å². The van der Waals surface area contributed by atoms with Crippen LogP contribution in [0.3, 0.4) is 0 Å². The highest BCUT2D eigenvalue weighted by Crippen LogP contribution is 2.29. The Labute approximate surface area is 180 Å². The van der Waals surface area contributed by atoms with Gasteiger partial charge in [-0.25, -0.2) is 4.79 Å². The highest BCUT2D eigenvalue weighted by atomic mass is 16.7. The van der Waals surface area contributed by atoms with Gasteiger partial charge in [-0.3, -0.25) is 10.2 Å². The van der Waals surface area contributed by atoms with E-state index in [9.17, 15) is 9.59 Å². The molecule has 0 aromatic heterocycles. The molecule has 3 rings (SSSR count). The number of methoxy groups -OCH3 is 1. The number of aryl methyl sites for hydroxylation is 1. The Hall–Kier alpha value is -3.97. The lowest BCUT2D eigenvalue weighted by molar-refractivity contribution is -0.0124. The van der Waals surface area contributed by atoms with Crippen LogP contribution in [-0.2, 0) is 9.47 Å². The second-order valence-electron chi connectivity index (χ2n) is 6.88. The number of ether oxygens (including phenoxy) is 2. The maximum atomic E-state index is 13.1. The first kappa shape index (κ1) is 21.7. The molecule has 0 aliphatic heterocycles. The molecule has 1 amide bonds. The monoisotopic (exact) mass is 417 g/mol. The first-order valence-corrected chi connectivity index (χ1v) is 9.52. The third-order valence-electron chi connectivity index (χ3n) is 4.62. The van der Waals surface area contributed by atoms with Gasteiger partial charge in [-0.2, -0.15) is 0 Å². The zero-order valence-electron chi connectivity index (χ0n) is 17.3. The molecular weight excluding hydrogens is 394 g/mol. The summed E-state index contributed by atoms with van der Waals surface area (Å²) in [6.45, 7) is 1.75. The Balaban J connectivity index is 1.97. The van der Waals surface area contributed by atoms with Crippen LogP contribution in [0.25, 0.3) is 11.1 Å². The van der Waals surface area contributed by atoms with Crippen molar-refractivity contribution in [1.82, 2.24) is 0 Å². The molecule has 3 aromatic rings. The topological polar surface area (TPSA) is 114 Å². The molecule has 31 heavy (non-hydrogen) atoms. The molecule has 3 aromatic carbocycles. The Kier molecular flexibility index (Phi) is 6.79. The Morgan fingerprint density at radius 3 is 2.35 bits per heavy atom. The van der Waals surface area contributed by atoms with Gasteiger partial charge in [0.2, 0.25) is 0 Å². The number of benzene rings is 3. The van der Waals surface area contributed by atoms with Crippen molar-refractivity contribution in [1.29, 1.82) is 5.41 Å². The molecule has 0 unspecified atom stereocenters. The van der Waals surface area contributed by atoms with E-state index in [0.29, 0.717) is 33.5 Å². The fourth-order valence-electron chi connectivity index (χ4n) is 3.10. The fourth-order valence-corrected chi connectivity index (χ4v) is 3.10. The predicted octanol–water partition coefficient (Wildman–Crippen LogP) is 3.96. The molecule has 158 valence electrons. The molecule has 0 fully saturated rings.